The van der Waals surface area contributed by atoms with Gasteiger partial charge < -0.3 is 19.8 Å². The molecule has 3 rings (SSSR count). The van der Waals surface area contributed by atoms with E-state index in [1.54, 1.807) is 0 Å². The quantitative estimate of drug-likeness (QED) is 0.460. The number of benzene rings is 1. The molecular formula is C24H40N6O4. The molecule has 2 unspecified atom stereocenters. The first-order valence-corrected chi connectivity index (χ1v) is 11.2. The number of guanidine groups is 2. The summed E-state index contributed by atoms with van der Waals surface area (Å²) in [6, 6.07) is 6.41. The van der Waals surface area contributed by atoms with Crippen LogP contribution < -0.4 is 10.2 Å². The molecule has 0 saturated carbocycles. The Balaban J connectivity index is 0.000000255. The van der Waals surface area contributed by atoms with E-state index >= 15 is 0 Å². The van der Waals surface area contributed by atoms with Gasteiger partial charge in [0.2, 0.25) is 0 Å². The zero-order chi connectivity index (χ0) is 26.3. The lowest BCUT2D eigenvalue weighted by Gasteiger charge is -2.12. The van der Waals surface area contributed by atoms with Crippen molar-refractivity contribution in [3.63, 3.8) is 0 Å². The molecule has 0 fully saturated rings. The first-order valence-electron chi connectivity index (χ1n) is 11.2. The molecule has 10 heteroatoms. The molecule has 0 spiro atoms. The van der Waals surface area contributed by atoms with E-state index in [4.69, 9.17) is 0 Å². The van der Waals surface area contributed by atoms with Crippen molar-refractivity contribution >= 4 is 23.9 Å². The molecule has 0 amide bonds. The number of aromatic carboxylic acids is 2. The molecule has 0 bridgehead atoms. The Bertz CT molecular complexity index is 866. The van der Waals surface area contributed by atoms with E-state index in [1.165, 1.54) is 24.1 Å². The third-order valence-corrected chi connectivity index (χ3v) is 5.88. The van der Waals surface area contributed by atoms with Crippen LogP contribution >= 0.6 is 0 Å². The van der Waals surface area contributed by atoms with Crippen LogP contribution in [0.2, 0.25) is 0 Å². The Hall–Kier alpha value is -3.30. The maximum Gasteiger partial charge on any atom is 0.350 e. The van der Waals surface area contributed by atoms with E-state index < -0.39 is 11.9 Å². The maximum atomic E-state index is 10.3. The fourth-order valence-electron chi connectivity index (χ4n) is 4.29. The van der Waals surface area contributed by atoms with Crippen LogP contribution in [0.4, 0.5) is 0 Å². The van der Waals surface area contributed by atoms with Crippen LogP contribution in [0.25, 0.3) is 0 Å². The van der Waals surface area contributed by atoms with Gasteiger partial charge in [-0.1, -0.05) is 24.3 Å². The van der Waals surface area contributed by atoms with Gasteiger partial charge in [0.25, 0.3) is 0 Å². The highest BCUT2D eigenvalue weighted by molar-refractivity contribution is 5.99. The van der Waals surface area contributed by atoms with Crippen molar-refractivity contribution in [3.8, 4) is 0 Å². The first kappa shape index (κ1) is 28.7. The normalized spacial score (nSPS) is 19.4. The van der Waals surface area contributed by atoms with Gasteiger partial charge in [0.05, 0.1) is 81.4 Å². The maximum absolute atomic E-state index is 10.3. The molecule has 0 saturated heterocycles. The molecule has 0 aromatic heterocycles. The van der Waals surface area contributed by atoms with Gasteiger partial charge in [0, 0.05) is 11.1 Å². The molecule has 0 aliphatic carbocycles. The van der Waals surface area contributed by atoms with Crippen molar-refractivity contribution in [1.29, 1.82) is 0 Å². The van der Waals surface area contributed by atoms with Gasteiger partial charge in [-0.05, 0) is 13.8 Å². The largest absolute Gasteiger partial charge is 0.545 e. The van der Waals surface area contributed by atoms with Gasteiger partial charge in [-0.15, -0.1) is 0 Å². The molecule has 2 heterocycles. The molecule has 2 aliphatic rings. The van der Waals surface area contributed by atoms with E-state index in [0.29, 0.717) is 12.1 Å². The molecule has 1 aromatic rings. The van der Waals surface area contributed by atoms with Crippen LogP contribution in [-0.2, 0) is 0 Å². The van der Waals surface area contributed by atoms with Crippen LogP contribution in [0.15, 0.2) is 24.3 Å². The lowest BCUT2D eigenvalue weighted by molar-refractivity contribution is -0.526. The highest BCUT2D eigenvalue weighted by Crippen LogP contribution is 2.07. The highest BCUT2D eigenvalue weighted by Gasteiger charge is 2.32. The minimum absolute atomic E-state index is 0.363. The Morgan fingerprint density at radius 3 is 1.24 bits per heavy atom. The van der Waals surface area contributed by atoms with Crippen LogP contribution in [0.1, 0.15) is 34.6 Å². The van der Waals surface area contributed by atoms with E-state index in [9.17, 15) is 19.8 Å². The Morgan fingerprint density at radius 1 is 0.794 bits per heavy atom. The van der Waals surface area contributed by atoms with E-state index in [0.717, 1.165) is 25.2 Å². The first-order chi connectivity index (χ1) is 15.7. The summed E-state index contributed by atoms with van der Waals surface area (Å²) in [6.45, 7) is 6.74. The molecule has 1 aromatic carbocycles. The second-order valence-electron chi connectivity index (χ2n) is 9.19. The molecule has 34 heavy (non-hydrogen) atoms. The van der Waals surface area contributed by atoms with Crippen molar-refractivity contribution < 1.29 is 29.0 Å². The average molecular weight is 477 g/mol. The fraction of sp³-hybridized carbons (Fsp3) is 0.583. The highest BCUT2D eigenvalue weighted by atomic mass is 16.4. The van der Waals surface area contributed by atoms with Gasteiger partial charge >= 0.3 is 11.9 Å². The molecule has 10 nitrogen and oxygen atoms in total. The summed E-state index contributed by atoms with van der Waals surface area (Å²) >= 11 is 0. The van der Waals surface area contributed by atoms with Gasteiger partial charge in [0.1, 0.15) is 12.1 Å². The van der Waals surface area contributed by atoms with E-state index in [2.05, 4.69) is 99.0 Å². The number of nitrogens with zero attached hydrogens (tertiary/aromatic N) is 6. The molecule has 2 aliphatic heterocycles. The van der Waals surface area contributed by atoms with Gasteiger partial charge in [-0.2, -0.15) is 0 Å². The summed E-state index contributed by atoms with van der Waals surface area (Å²) in [5, 5.41) is 20.6. The average Bonchev–Trinajstić information content (AvgIpc) is 3.14. The van der Waals surface area contributed by atoms with Gasteiger partial charge in [-0.25, -0.2) is 0 Å². The minimum atomic E-state index is -1.52. The monoisotopic (exact) mass is 476 g/mol. The molecule has 0 radical (unpaired) electrons. The van der Waals surface area contributed by atoms with E-state index in [-0.39, 0.29) is 11.1 Å². The third-order valence-electron chi connectivity index (χ3n) is 5.88. The van der Waals surface area contributed by atoms with Crippen LogP contribution in [0.5, 0.6) is 0 Å². The Labute approximate surface area is 203 Å². The number of rotatable bonds is 2. The smallest absolute Gasteiger partial charge is 0.350 e. The Morgan fingerprint density at radius 2 is 1.09 bits per heavy atom. The number of hydrogen-bond donors (Lipinski definition) is 0. The second-order valence-corrected chi connectivity index (χ2v) is 9.19. The fourth-order valence-corrected chi connectivity index (χ4v) is 4.29. The number of carbonyl (C=O) groups is 2. The zero-order valence-corrected chi connectivity index (χ0v) is 22.2. The topological polar surface area (TPSA) is 99.2 Å². The zero-order valence-electron chi connectivity index (χ0n) is 22.2. The predicted molar refractivity (Wildman–Crippen MR) is 129 cm³/mol. The lowest BCUT2D eigenvalue weighted by Crippen LogP contribution is -2.37. The number of carboxylic acids is 2. The standard InChI is InChI=1S/2C8H18N3.C8H6O4/c2*1-7-6-10(4)8(9(2)3)11(7)5;9-7(10)5-3-1-2-4-6(5)8(11)12/h2*7H,6H2,1-5H3;1-4H,(H,9,10)(H,11,12)/q2*+1;/p-2. The summed E-state index contributed by atoms with van der Waals surface area (Å²) in [4.78, 5) is 29.5. The summed E-state index contributed by atoms with van der Waals surface area (Å²) < 4.78 is 4.61. The number of likely N-dealkylation sites (N-methyl/N-ethyl adjacent to an activating group) is 4. The summed E-state index contributed by atoms with van der Waals surface area (Å²) in [7, 11) is 16.9. The molecule has 0 N–H and O–H groups in total. The number of carbonyl (C=O) groups excluding carboxylic acids is 2. The minimum Gasteiger partial charge on any atom is -0.545 e. The van der Waals surface area contributed by atoms with Crippen LogP contribution in [0.3, 0.4) is 0 Å². The SMILES string of the molecule is CC1CN(C)C(N(C)C)=[N+]1C.CC1CN(C)C(N(C)C)=[N+]1C.O=C([O-])c1ccccc1C(=O)[O-]. The summed E-state index contributed by atoms with van der Waals surface area (Å²) in [6.07, 6.45) is 0. The van der Waals surface area contributed by atoms with Crippen molar-refractivity contribution in [1.82, 2.24) is 19.6 Å². The Kier molecular flexibility index (Phi) is 10.3. The van der Waals surface area contributed by atoms with Crippen molar-refractivity contribution in [2.75, 3.05) is 69.5 Å². The molecule has 2 atom stereocenters. The lowest BCUT2D eigenvalue weighted by atomic mass is 10.1. The summed E-state index contributed by atoms with van der Waals surface area (Å²) in [5.41, 5.74) is -0.727. The van der Waals surface area contributed by atoms with E-state index in [1.807, 2.05) is 0 Å². The third kappa shape index (κ3) is 7.10. The number of hydrogen-bond acceptors (Lipinski definition) is 8. The number of carboxylic acid groups (broad SMARTS) is 2. The van der Waals surface area contributed by atoms with Gasteiger partial charge in [0.15, 0.2) is 0 Å². The van der Waals surface area contributed by atoms with Crippen molar-refractivity contribution in [2.24, 2.45) is 0 Å². The predicted octanol–water partition coefficient (Wildman–Crippen LogP) is -1.83. The summed E-state index contributed by atoms with van der Waals surface area (Å²) in [5.74, 6) is -0.431. The van der Waals surface area contributed by atoms with Crippen molar-refractivity contribution in [2.45, 2.75) is 25.9 Å². The second kappa shape index (κ2) is 12.2. The van der Waals surface area contributed by atoms with Gasteiger partial charge in [-0.3, -0.25) is 28.8 Å². The molecule has 190 valence electrons. The van der Waals surface area contributed by atoms with Crippen molar-refractivity contribution in [3.05, 3.63) is 35.4 Å². The molecular weight excluding hydrogens is 436 g/mol. The van der Waals surface area contributed by atoms with Crippen LogP contribution in [0, 0.1) is 0 Å². The van der Waals surface area contributed by atoms with Crippen LogP contribution in [-0.4, -0.2) is 134 Å².